The van der Waals surface area contributed by atoms with Gasteiger partial charge in [0.05, 0.1) is 27.5 Å². The van der Waals surface area contributed by atoms with Crippen LogP contribution < -0.4 is 27.0 Å². The number of halogens is 3. The van der Waals surface area contributed by atoms with Gasteiger partial charge < -0.3 is 20.6 Å². The number of carboxylic acid groups (broad SMARTS) is 1. The highest BCUT2D eigenvalue weighted by molar-refractivity contribution is 6.31. The number of nitrogens with zero attached hydrogens (tertiary/aromatic N) is 3. The first kappa shape index (κ1) is 45.2. The van der Waals surface area contributed by atoms with Gasteiger partial charge in [-0.1, -0.05) is 66.7 Å². The van der Waals surface area contributed by atoms with E-state index in [1.165, 1.54) is 15.2 Å². The molecule has 0 radical (unpaired) electrons. The average Bonchev–Trinajstić information content (AvgIpc) is 3.87. The molecule has 3 aromatic carbocycles. The van der Waals surface area contributed by atoms with Gasteiger partial charge in [0.1, 0.15) is 17.3 Å². The highest BCUT2D eigenvalue weighted by Crippen LogP contribution is 2.63. The van der Waals surface area contributed by atoms with E-state index >= 15 is 4.39 Å². The average molecular weight is 957 g/mol. The van der Waals surface area contributed by atoms with E-state index < -0.39 is 63.7 Å². The molecule has 5 heterocycles. The number of likely N-dealkylation sites (tertiary alicyclic amines) is 1. The molecule has 1 unspecified atom stereocenters. The number of carboxylic acids is 1. The lowest BCUT2D eigenvalue weighted by molar-refractivity contribution is -0.149. The van der Waals surface area contributed by atoms with E-state index in [-0.39, 0.29) is 79.0 Å². The van der Waals surface area contributed by atoms with Crippen LogP contribution in [0.5, 0.6) is 0 Å². The first-order valence-electron chi connectivity index (χ1n) is 23.3. The lowest BCUT2D eigenvalue weighted by Crippen LogP contribution is -2.60. The van der Waals surface area contributed by atoms with E-state index in [0.29, 0.717) is 71.4 Å². The normalized spacial score (nSPS) is 27.8. The molecule has 2 spiro atoms. The standard InChI is InChI=1S/C49H52Cl2FN7O8/c1-57-36-24-27(10-15-34(36)59(46(57)67)35-16-17-37(60)55-41(35)61)47(45(65)66)20-22-58(23-21-47)43(63)26-8-12-29(13-9-26)53-42(62)40-38(30-6-5-7-32(51)39(30)52)49(48(56-40)18-3-2-4-19-48)31-14-11-28(50)25-33(31)54-44(49)64/h5-7,10-11,14-15,24-26,29,35,38,40,56H,2-4,8-9,12-13,16-23H2,1H3,(H,53,62)(H,54,64)(H,65,66)(H,55,60,61)/t26?,29?,35?,38-,40+,49+/m0/s1. The van der Waals surface area contributed by atoms with Gasteiger partial charge in [0.25, 0.3) is 0 Å². The van der Waals surface area contributed by atoms with Crippen LogP contribution in [0.1, 0.15) is 112 Å². The fraction of sp³-hybridized carbons (Fsp3) is 0.490. The molecule has 5 amide bonds. The molecule has 18 heteroatoms. The Balaban J connectivity index is 0.839. The molecule has 5 fully saturated rings. The number of piperidine rings is 2. The van der Waals surface area contributed by atoms with Crippen molar-refractivity contribution in [2.45, 2.75) is 124 Å². The van der Waals surface area contributed by atoms with Gasteiger partial charge in [0.2, 0.25) is 29.5 Å². The minimum atomic E-state index is -1.35. The van der Waals surface area contributed by atoms with Crippen LogP contribution in [0.2, 0.25) is 10.0 Å². The topological polar surface area (TPSA) is 201 Å². The second-order valence-corrected chi connectivity index (χ2v) is 20.3. The van der Waals surface area contributed by atoms with E-state index in [9.17, 15) is 38.7 Å². The second kappa shape index (κ2) is 16.9. The van der Waals surface area contributed by atoms with Crippen molar-refractivity contribution < 1.29 is 38.3 Å². The van der Waals surface area contributed by atoms with Crippen molar-refractivity contribution in [3.8, 4) is 0 Å². The van der Waals surface area contributed by atoms with Gasteiger partial charge in [-0.15, -0.1) is 0 Å². The van der Waals surface area contributed by atoms with E-state index in [4.69, 9.17) is 23.2 Å². The monoisotopic (exact) mass is 955 g/mol. The van der Waals surface area contributed by atoms with Crippen molar-refractivity contribution >= 4 is 75.4 Å². The summed E-state index contributed by atoms with van der Waals surface area (Å²) in [5, 5.41) is 23.3. The third-order valence-electron chi connectivity index (χ3n) is 16.2. The van der Waals surface area contributed by atoms with E-state index in [1.54, 1.807) is 54.4 Å². The minimum Gasteiger partial charge on any atom is -0.481 e. The van der Waals surface area contributed by atoms with Gasteiger partial charge in [0, 0.05) is 60.7 Å². The molecule has 5 N–H and O–H groups in total. The summed E-state index contributed by atoms with van der Waals surface area (Å²) in [7, 11) is 1.56. The molecular formula is C49H52Cl2FN7O8. The molecule has 0 bridgehead atoms. The van der Waals surface area contributed by atoms with Crippen molar-refractivity contribution in [3.05, 3.63) is 97.6 Å². The maximum absolute atomic E-state index is 16.4. The van der Waals surface area contributed by atoms with Gasteiger partial charge >= 0.3 is 11.7 Å². The summed E-state index contributed by atoms with van der Waals surface area (Å²) in [6.07, 6.45) is 6.35. The number of aliphatic carboxylic acids is 1. The summed E-state index contributed by atoms with van der Waals surface area (Å²) in [4.78, 5) is 96.4. The quantitative estimate of drug-likeness (QED) is 0.144. The van der Waals surface area contributed by atoms with Crippen LogP contribution >= 0.6 is 23.2 Å². The molecule has 10 rings (SSSR count). The molecular weight excluding hydrogens is 904 g/mol. The van der Waals surface area contributed by atoms with Crippen molar-refractivity contribution in [3.63, 3.8) is 0 Å². The number of nitrogens with one attached hydrogen (secondary N) is 4. The van der Waals surface area contributed by atoms with E-state index in [1.807, 2.05) is 6.07 Å². The summed E-state index contributed by atoms with van der Waals surface area (Å²) < 4.78 is 19.1. The number of carbonyl (C=O) groups is 6. The second-order valence-electron chi connectivity index (χ2n) is 19.5. The molecule has 3 saturated heterocycles. The zero-order chi connectivity index (χ0) is 47.2. The Kier molecular flexibility index (Phi) is 11.4. The predicted octanol–water partition coefficient (Wildman–Crippen LogP) is 5.73. The number of fused-ring (bicyclic) bond motifs is 4. The summed E-state index contributed by atoms with van der Waals surface area (Å²) in [5.74, 6) is -4.71. The van der Waals surface area contributed by atoms with Crippen molar-refractivity contribution in [2.75, 3.05) is 18.4 Å². The van der Waals surface area contributed by atoms with Gasteiger partial charge in [-0.25, -0.2) is 9.18 Å². The van der Waals surface area contributed by atoms with E-state index in [2.05, 4.69) is 21.3 Å². The number of anilines is 1. The number of aryl methyl sites for hydroxylation is 1. The number of benzene rings is 3. The summed E-state index contributed by atoms with van der Waals surface area (Å²) in [6.45, 7) is 0.411. The molecule has 6 aliphatic rings. The molecule has 4 aliphatic heterocycles. The summed E-state index contributed by atoms with van der Waals surface area (Å²) in [5.41, 5.74) is -1.22. The molecule has 2 aliphatic carbocycles. The first-order chi connectivity index (χ1) is 32.1. The molecule has 15 nitrogen and oxygen atoms in total. The SMILES string of the molecule is Cn1c(=O)n(C2CCC(=O)NC2=O)c2ccc(C3(C(=O)O)CCN(C(=O)C4CCC(NC(=O)[C@@H]5NC6(CCCCC6)[C@@]6(C(=O)Nc7cc(Cl)ccc76)[C@H]5c5cccc(Cl)c5F)CC4)CC3)cc21. The van der Waals surface area contributed by atoms with Crippen LogP contribution in [0.3, 0.4) is 0 Å². The van der Waals surface area contributed by atoms with Gasteiger partial charge in [0.15, 0.2) is 0 Å². The largest absolute Gasteiger partial charge is 0.481 e. The number of aromatic nitrogens is 2. The number of carbonyl (C=O) groups excluding carboxylic acids is 5. The predicted molar refractivity (Wildman–Crippen MR) is 246 cm³/mol. The van der Waals surface area contributed by atoms with Crippen molar-refractivity contribution in [1.29, 1.82) is 0 Å². The maximum Gasteiger partial charge on any atom is 0.329 e. The number of amides is 5. The highest BCUT2D eigenvalue weighted by atomic mass is 35.5. The van der Waals surface area contributed by atoms with Crippen LogP contribution in [0.4, 0.5) is 10.1 Å². The molecule has 2 saturated carbocycles. The summed E-state index contributed by atoms with van der Waals surface area (Å²) >= 11 is 12.8. The Morgan fingerprint density at radius 2 is 1.58 bits per heavy atom. The lowest BCUT2D eigenvalue weighted by Gasteiger charge is -2.47. The number of hydrogen-bond acceptors (Lipinski definition) is 8. The number of imidazole rings is 1. The van der Waals surface area contributed by atoms with Crippen LogP contribution in [-0.2, 0) is 46.6 Å². The molecule has 1 aromatic heterocycles. The van der Waals surface area contributed by atoms with Crippen LogP contribution in [0.25, 0.3) is 11.0 Å². The lowest BCUT2D eigenvalue weighted by atomic mass is 9.55. The number of hydrogen-bond donors (Lipinski definition) is 5. The fourth-order valence-electron chi connectivity index (χ4n) is 12.9. The smallest absolute Gasteiger partial charge is 0.329 e. The zero-order valence-electron chi connectivity index (χ0n) is 37.0. The third-order valence-corrected chi connectivity index (χ3v) is 16.8. The van der Waals surface area contributed by atoms with E-state index in [0.717, 1.165) is 19.3 Å². The Bertz CT molecular complexity index is 2820. The Morgan fingerprint density at radius 1 is 0.851 bits per heavy atom. The van der Waals surface area contributed by atoms with Gasteiger partial charge in [-0.3, -0.25) is 48.5 Å². The summed E-state index contributed by atoms with van der Waals surface area (Å²) in [6, 6.07) is 12.8. The van der Waals surface area contributed by atoms with Gasteiger partial charge in [-0.2, -0.15) is 0 Å². The van der Waals surface area contributed by atoms with Crippen LogP contribution in [0, 0.1) is 11.7 Å². The first-order valence-corrected chi connectivity index (χ1v) is 24.1. The van der Waals surface area contributed by atoms with Crippen molar-refractivity contribution in [2.24, 2.45) is 13.0 Å². The Hall–Kier alpha value is -5.58. The molecule has 67 heavy (non-hydrogen) atoms. The third kappa shape index (κ3) is 7.02. The molecule has 4 atom stereocenters. The Labute approximate surface area is 395 Å². The minimum absolute atomic E-state index is 0.0657. The van der Waals surface area contributed by atoms with Gasteiger partial charge in [-0.05, 0) is 105 Å². The zero-order valence-corrected chi connectivity index (χ0v) is 38.5. The fourth-order valence-corrected chi connectivity index (χ4v) is 13.2. The number of rotatable bonds is 7. The van der Waals surface area contributed by atoms with Crippen LogP contribution in [0.15, 0.2) is 59.4 Å². The molecule has 352 valence electrons. The molecule has 4 aromatic rings. The Morgan fingerprint density at radius 3 is 2.28 bits per heavy atom. The van der Waals surface area contributed by atoms with Crippen LogP contribution in [-0.4, -0.2) is 85.4 Å². The van der Waals surface area contributed by atoms with Crippen molar-refractivity contribution in [1.82, 2.24) is 30.0 Å². The number of imide groups is 1. The highest BCUT2D eigenvalue weighted by Gasteiger charge is 2.72. The maximum atomic E-state index is 16.4.